The number of terminal acetylenes is 1. The number of aromatic nitrogens is 1. The zero-order valence-electron chi connectivity index (χ0n) is 19.7. The minimum absolute atomic E-state index is 0.0443. The van der Waals surface area contributed by atoms with Crippen LogP contribution < -0.4 is 10.6 Å². The number of phenolic OH excluding ortho intramolecular Hbond substituents is 1. The number of nitrogens with zero attached hydrogens (tertiary/aromatic N) is 2. The molecule has 5 rings (SSSR count). The number of fused-ring (bicyclic) bond motifs is 1. The maximum absolute atomic E-state index is 14.2. The van der Waals surface area contributed by atoms with Gasteiger partial charge in [0, 0.05) is 47.9 Å². The second-order valence-electron chi connectivity index (χ2n) is 9.10. The number of phenols is 1. The normalized spacial score (nSPS) is 17.5. The number of carbonyl (C=O) groups is 1. The molecule has 0 spiro atoms. The first-order chi connectivity index (χ1) is 17.8. The minimum atomic E-state index is -1.01. The molecule has 0 bridgehead atoms. The van der Waals surface area contributed by atoms with E-state index in [9.17, 15) is 23.8 Å². The van der Waals surface area contributed by atoms with Crippen molar-refractivity contribution in [1.29, 1.82) is 0 Å². The van der Waals surface area contributed by atoms with E-state index in [0.29, 0.717) is 51.8 Å². The molecule has 2 heterocycles. The number of aromatic hydroxyl groups is 1. The van der Waals surface area contributed by atoms with Gasteiger partial charge in [-0.2, -0.15) is 0 Å². The summed E-state index contributed by atoms with van der Waals surface area (Å²) >= 11 is 0. The predicted octanol–water partition coefficient (Wildman–Crippen LogP) is 4.77. The summed E-state index contributed by atoms with van der Waals surface area (Å²) in [6, 6.07) is 13.2. The van der Waals surface area contributed by atoms with Crippen LogP contribution in [0.15, 0.2) is 60.8 Å². The Labute approximate surface area is 212 Å². The van der Waals surface area contributed by atoms with E-state index in [1.54, 1.807) is 30.3 Å². The number of hydrogen-bond acceptors (Lipinski definition) is 5. The Morgan fingerprint density at radius 3 is 2.54 bits per heavy atom. The summed E-state index contributed by atoms with van der Waals surface area (Å²) in [6.45, 7) is 0.555. The lowest BCUT2D eigenvalue weighted by atomic mass is 9.90. The number of para-hydroxylation sites is 1. The van der Waals surface area contributed by atoms with Crippen molar-refractivity contribution in [2.24, 2.45) is 11.7 Å². The van der Waals surface area contributed by atoms with Crippen LogP contribution in [0.2, 0.25) is 0 Å². The summed E-state index contributed by atoms with van der Waals surface area (Å²) in [5.41, 5.74) is 9.50. The zero-order valence-corrected chi connectivity index (χ0v) is 19.7. The molecule has 2 atom stereocenters. The number of carboxylic acids is 1. The fraction of sp³-hybridized carbons (Fsp3) is 0.172. The van der Waals surface area contributed by atoms with Crippen molar-refractivity contribution in [3.8, 4) is 40.3 Å². The van der Waals surface area contributed by atoms with Crippen LogP contribution in [0, 0.1) is 29.9 Å². The molecule has 1 fully saturated rings. The molecule has 0 aliphatic carbocycles. The number of carboxylic acid groups (broad SMARTS) is 1. The molecule has 1 aliphatic rings. The fourth-order valence-corrected chi connectivity index (χ4v) is 4.93. The van der Waals surface area contributed by atoms with E-state index in [2.05, 4.69) is 10.9 Å². The smallest absolute Gasteiger partial charge is 0.309 e. The van der Waals surface area contributed by atoms with Gasteiger partial charge in [-0.3, -0.25) is 9.78 Å². The third-order valence-corrected chi connectivity index (χ3v) is 6.82. The molecule has 1 saturated heterocycles. The second-order valence-corrected chi connectivity index (χ2v) is 9.10. The lowest BCUT2D eigenvalue weighted by molar-refractivity contribution is -0.142. The quantitative estimate of drug-likeness (QED) is 0.350. The number of piperidine rings is 1. The van der Waals surface area contributed by atoms with Crippen LogP contribution in [-0.4, -0.2) is 40.3 Å². The number of benzene rings is 3. The van der Waals surface area contributed by atoms with Gasteiger partial charge in [0.25, 0.3) is 0 Å². The topological polar surface area (TPSA) is 99.7 Å². The van der Waals surface area contributed by atoms with E-state index in [1.165, 1.54) is 18.3 Å². The molecular formula is C29H23F2N3O3. The van der Waals surface area contributed by atoms with E-state index < -0.39 is 29.6 Å². The number of pyridine rings is 1. The molecular weight excluding hydrogens is 476 g/mol. The van der Waals surface area contributed by atoms with Gasteiger partial charge in [-0.05, 0) is 47.9 Å². The molecule has 3 aromatic carbocycles. The van der Waals surface area contributed by atoms with Gasteiger partial charge >= 0.3 is 5.97 Å². The lowest BCUT2D eigenvalue weighted by Gasteiger charge is -2.37. The summed E-state index contributed by atoms with van der Waals surface area (Å²) in [4.78, 5) is 18.3. The highest BCUT2D eigenvalue weighted by atomic mass is 19.1. The van der Waals surface area contributed by atoms with Crippen molar-refractivity contribution < 1.29 is 23.8 Å². The largest absolute Gasteiger partial charge is 0.506 e. The van der Waals surface area contributed by atoms with Crippen LogP contribution in [0.25, 0.3) is 33.2 Å². The highest BCUT2D eigenvalue weighted by molar-refractivity contribution is 6.02. The van der Waals surface area contributed by atoms with E-state index >= 15 is 0 Å². The average Bonchev–Trinajstić information content (AvgIpc) is 2.87. The first-order valence-electron chi connectivity index (χ1n) is 11.7. The third kappa shape index (κ3) is 4.46. The Morgan fingerprint density at radius 2 is 1.84 bits per heavy atom. The second kappa shape index (κ2) is 9.52. The number of hydrogen-bond donors (Lipinski definition) is 3. The number of nitrogens with two attached hydrogens (primary N) is 1. The van der Waals surface area contributed by atoms with Crippen LogP contribution in [0.3, 0.4) is 0 Å². The molecule has 1 aromatic heterocycles. The summed E-state index contributed by atoms with van der Waals surface area (Å²) in [5, 5.41) is 21.1. The number of halogens is 2. The molecule has 0 unspecified atom stereocenters. The number of rotatable bonds is 4. The first kappa shape index (κ1) is 24.2. The van der Waals surface area contributed by atoms with E-state index in [1.807, 2.05) is 11.0 Å². The minimum Gasteiger partial charge on any atom is -0.506 e. The van der Waals surface area contributed by atoms with Gasteiger partial charge in [0.2, 0.25) is 0 Å². The zero-order chi connectivity index (χ0) is 26.3. The van der Waals surface area contributed by atoms with E-state index in [-0.39, 0.29) is 17.9 Å². The molecule has 8 heteroatoms. The molecule has 0 radical (unpaired) electrons. The van der Waals surface area contributed by atoms with Gasteiger partial charge in [-0.1, -0.05) is 24.1 Å². The molecule has 37 heavy (non-hydrogen) atoms. The van der Waals surface area contributed by atoms with Crippen molar-refractivity contribution in [3.63, 3.8) is 0 Å². The van der Waals surface area contributed by atoms with Crippen molar-refractivity contribution in [1.82, 2.24) is 4.98 Å². The Kier molecular flexibility index (Phi) is 6.24. The van der Waals surface area contributed by atoms with Crippen LogP contribution in [0.4, 0.5) is 14.5 Å². The average molecular weight is 500 g/mol. The van der Waals surface area contributed by atoms with E-state index in [0.717, 1.165) is 6.07 Å². The molecule has 4 N–H and O–H groups in total. The highest BCUT2D eigenvalue weighted by Crippen LogP contribution is 2.41. The Morgan fingerprint density at radius 1 is 1.08 bits per heavy atom. The monoisotopic (exact) mass is 499 g/mol. The maximum atomic E-state index is 14.2. The maximum Gasteiger partial charge on any atom is 0.309 e. The summed E-state index contributed by atoms with van der Waals surface area (Å²) in [6.07, 6.45) is 7.47. The molecule has 186 valence electrons. The highest BCUT2D eigenvalue weighted by Gasteiger charge is 2.34. The van der Waals surface area contributed by atoms with Crippen LogP contribution in [-0.2, 0) is 4.79 Å². The van der Waals surface area contributed by atoms with Crippen LogP contribution in [0.5, 0.6) is 5.75 Å². The van der Waals surface area contributed by atoms with E-state index in [4.69, 9.17) is 12.2 Å². The Balaban J connectivity index is 1.77. The van der Waals surface area contributed by atoms with Gasteiger partial charge in [0.15, 0.2) is 0 Å². The summed E-state index contributed by atoms with van der Waals surface area (Å²) in [7, 11) is 0. The number of anilines is 1. The SMILES string of the molecule is C#Cc1cccc(-c2ccc3ncc(-c4cc(F)cc(F)c4)c(N4CC[C@@H](N)[C@H](C(=O)O)C4)c3c2)c1O. The number of aliphatic carboxylic acids is 1. The molecule has 0 saturated carbocycles. The van der Waals surface area contributed by atoms with Crippen LogP contribution in [0.1, 0.15) is 12.0 Å². The standard InChI is InChI=1S/C29H23F2N3O3/c1-2-16-4-3-5-21(28(16)35)17-6-7-26-22(12-17)27(34-9-8-25(32)24(15-34)29(36)37)23(14-33-26)18-10-19(30)13-20(31)11-18/h1,3-7,10-14,24-25,35H,8-9,15,32H2,(H,36,37)/t24-,25-/m1/s1. The van der Waals surface area contributed by atoms with Crippen molar-refractivity contribution in [2.75, 3.05) is 18.0 Å². The molecule has 6 nitrogen and oxygen atoms in total. The van der Waals surface area contributed by atoms with Crippen molar-refractivity contribution in [2.45, 2.75) is 12.5 Å². The fourth-order valence-electron chi connectivity index (χ4n) is 4.93. The molecule has 0 amide bonds. The predicted molar refractivity (Wildman–Crippen MR) is 138 cm³/mol. The van der Waals surface area contributed by atoms with Crippen molar-refractivity contribution in [3.05, 3.63) is 78.0 Å². The molecule has 1 aliphatic heterocycles. The van der Waals surface area contributed by atoms with Gasteiger partial charge in [0.1, 0.15) is 17.4 Å². The van der Waals surface area contributed by atoms with Crippen molar-refractivity contribution >= 4 is 22.6 Å². The van der Waals surface area contributed by atoms with Gasteiger partial charge < -0.3 is 20.8 Å². The van der Waals surface area contributed by atoms with Gasteiger partial charge in [-0.25, -0.2) is 8.78 Å². The summed E-state index contributed by atoms with van der Waals surface area (Å²) < 4.78 is 28.4. The van der Waals surface area contributed by atoms with Gasteiger partial charge in [0.05, 0.1) is 22.7 Å². The summed E-state index contributed by atoms with van der Waals surface area (Å²) in [5.74, 6) is -0.903. The Hall–Kier alpha value is -4.48. The lowest BCUT2D eigenvalue weighted by Crippen LogP contribution is -2.50. The Bertz CT molecular complexity index is 1560. The first-order valence-corrected chi connectivity index (χ1v) is 11.7. The van der Waals surface area contributed by atoms with Crippen LogP contribution >= 0.6 is 0 Å². The molecule has 4 aromatic rings. The third-order valence-electron chi connectivity index (χ3n) is 6.82. The van der Waals surface area contributed by atoms with Gasteiger partial charge in [-0.15, -0.1) is 6.42 Å².